The largest absolute Gasteiger partial charge is 0.329 e. The third-order valence-corrected chi connectivity index (χ3v) is 5.19. The van der Waals surface area contributed by atoms with E-state index in [-0.39, 0.29) is 6.04 Å². The Morgan fingerprint density at radius 3 is 2.84 bits per heavy atom. The number of rotatable bonds is 3. The number of piperidine rings is 1. The van der Waals surface area contributed by atoms with Gasteiger partial charge in [-0.25, -0.2) is 0 Å². The van der Waals surface area contributed by atoms with Crippen LogP contribution in [0.5, 0.6) is 0 Å². The van der Waals surface area contributed by atoms with Gasteiger partial charge < -0.3 is 5.73 Å². The van der Waals surface area contributed by atoms with Crippen molar-refractivity contribution in [1.29, 1.82) is 0 Å². The summed E-state index contributed by atoms with van der Waals surface area (Å²) < 4.78 is 1.01. The normalized spacial score (nSPS) is 26.4. The van der Waals surface area contributed by atoms with Crippen LogP contribution in [0.15, 0.2) is 22.7 Å². The third-order valence-electron chi connectivity index (χ3n) is 4.37. The molecular formula is C15H22BrClN2. The highest BCUT2D eigenvalue weighted by Gasteiger charge is 2.31. The van der Waals surface area contributed by atoms with E-state index in [1.165, 1.54) is 12.8 Å². The lowest BCUT2D eigenvalue weighted by molar-refractivity contribution is 0.0710. The molecule has 106 valence electrons. The van der Waals surface area contributed by atoms with Crippen LogP contribution < -0.4 is 5.73 Å². The molecule has 2 rings (SSSR count). The predicted molar refractivity (Wildman–Crippen MR) is 85.5 cm³/mol. The van der Waals surface area contributed by atoms with Crippen LogP contribution in [0.2, 0.25) is 5.02 Å². The average molecular weight is 346 g/mol. The second-order valence-corrected chi connectivity index (χ2v) is 6.84. The molecule has 2 N–H and O–H groups in total. The fraction of sp³-hybridized carbons (Fsp3) is 0.600. The summed E-state index contributed by atoms with van der Waals surface area (Å²) in [5.74, 6) is 0.719. The number of hydrogen-bond donors (Lipinski definition) is 1. The third kappa shape index (κ3) is 3.33. The summed E-state index contributed by atoms with van der Waals surface area (Å²) in [5, 5.41) is 0.801. The summed E-state index contributed by atoms with van der Waals surface area (Å²) in [6.07, 6.45) is 2.55. The lowest BCUT2D eigenvalue weighted by atomic mass is 9.89. The van der Waals surface area contributed by atoms with Crippen molar-refractivity contribution in [3.05, 3.63) is 33.3 Å². The lowest BCUT2D eigenvalue weighted by Crippen LogP contribution is -2.46. The first-order chi connectivity index (χ1) is 9.04. The Morgan fingerprint density at radius 1 is 1.47 bits per heavy atom. The molecule has 0 radical (unpaired) electrons. The Kier molecular flexibility index (Phi) is 5.29. The highest BCUT2D eigenvalue weighted by Crippen LogP contribution is 2.34. The molecule has 0 spiro atoms. The summed E-state index contributed by atoms with van der Waals surface area (Å²) in [7, 11) is 0. The molecule has 0 saturated carbocycles. The molecule has 2 nitrogen and oxygen atoms in total. The first-order valence-electron chi connectivity index (χ1n) is 6.95. The highest BCUT2D eigenvalue weighted by molar-refractivity contribution is 9.10. The van der Waals surface area contributed by atoms with E-state index < -0.39 is 0 Å². The second kappa shape index (κ2) is 6.57. The number of nitrogens with zero attached hydrogens (tertiary/aromatic N) is 1. The average Bonchev–Trinajstić information content (AvgIpc) is 2.37. The first-order valence-corrected chi connectivity index (χ1v) is 8.12. The van der Waals surface area contributed by atoms with Gasteiger partial charge in [0.05, 0.1) is 0 Å². The van der Waals surface area contributed by atoms with E-state index in [9.17, 15) is 0 Å². The van der Waals surface area contributed by atoms with Crippen LogP contribution in [0.4, 0.5) is 0 Å². The number of benzene rings is 1. The summed E-state index contributed by atoms with van der Waals surface area (Å²) in [4.78, 5) is 2.52. The maximum absolute atomic E-state index is 6.39. The van der Waals surface area contributed by atoms with Crippen molar-refractivity contribution in [3.63, 3.8) is 0 Å². The van der Waals surface area contributed by atoms with Crippen LogP contribution in [0.25, 0.3) is 0 Å². The van der Waals surface area contributed by atoms with Crippen molar-refractivity contribution in [2.45, 2.75) is 38.8 Å². The van der Waals surface area contributed by atoms with E-state index in [0.29, 0.717) is 12.6 Å². The molecule has 1 aliphatic rings. The second-order valence-electron chi connectivity index (χ2n) is 5.52. The van der Waals surface area contributed by atoms with Crippen LogP contribution >= 0.6 is 27.5 Å². The van der Waals surface area contributed by atoms with E-state index in [0.717, 1.165) is 27.5 Å². The molecule has 0 amide bonds. The Bertz CT molecular complexity index is 438. The Labute approximate surface area is 129 Å². The molecule has 1 heterocycles. The zero-order chi connectivity index (χ0) is 14.0. The van der Waals surface area contributed by atoms with Crippen molar-refractivity contribution in [2.75, 3.05) is 13.1 Å². The molecule has 1 aromatic rings. The Balaban J connectivity index is 2.28. The van der Waals surface area contributed by atoms with E-state index in [1.807, 2.05) is 12.1 Å². The number of nitrogens with two attached hydrogens (primary N) is 1. The molecule has 0 bridgehead atoms. The molecule has 1 fully saturated rings. The monoisotopic (exact) mass is 344 g/mol. The van der Waals surface area contributed by atoms with Gasteiger partial charge in [-0.05, 0) is 49.9 Å². The molecule has 19 heavy (non-hydrogen) atoms. The van der Waals surface area contributed by atoms with Crippen LogP contribution in [0.3, 0.4) is 0 Å². The van der Waals surface area contributed by atoms with Gasteiger partial charge in [-0.1, -0.05) is 40.5 Å². The van der Waals surface area contributed by atoms with Crippen LogP contribution in [0, 0.1) is 5.92 Å². The van der Waals surface area contributed by atoms with Gasteiger partial charge in [-0.2, -0.15) is 0 Å². The predicted octanol–water partition coefficient (Wildman–Crippen LogP) is 4.22. The van der Waals surface area contributed by atoms with Gasteiger partial charge in [0.25, 0.3) is 0 Å². The Morgan fingerprint density at radius 2 is 2.21 bits per heavy atom. The minimum Gasteiger partial charge on any atom is -0.329 e. The quantitative estimate of drug-likeness (QED) is 0.888. The highest BCUT2D eigenvalue weighted by atomic mass is 79.9. The molecular weight excluding hydrogens is 324 g/mol. The SMILES string of the molecule is CC1CCCN(C(CN)c2ccc(Br)cc2Cl)C1C. The maximum atomic E-state index is 6.39. The molecule has 4 heteroatoms. The topological polar surface area (TPSA) is 29.3 Å². The van der Waals surface area contributed by atoms with Crippen molar-refractivity contribution in [3.8, 4) is 0 Å². The van der Waals surface area contributed by atoms with Gasteiger partial charge in [0.15, 0.2) is 0 Å². The van der Waals surface area contributed by atoms with Gasteiger partial charge in [-0.15, -0.1) is 0 Å². The zero-order valence-corrected chi connectivity index (χ0v) is 13.9. The molecule has 0 aliphatic carbocycles. The molecule has 1 aliphatic heterocycles. The molecule has 3 atom stereocenters. The lowest BCUT2D eigenvalue weighted by Gasteiger charge is -2.43. The first kappa shape index (κ1) is 15.3. The van der Waals surface area contributed by atoms with E-state index in [1.54, 1.807) is 0 Å². The number of hydrogen-bond acceptors (Lipinski definition) is 2. The van der Waals surface area contributed by atoms with Crippen molar-refractivity contribution in [2.24, 2.45) is 11.7 Å². The fourth-order valence-corrected chi connectivity index (χ4v) is 3.82. The zero-order valence-electron chi connectivity index (χ0n) is 11.6. The molecule has 0 aromatic heterocycles. The maximum Gasteiger partial charge on any atom is 0.0488 e. The van der Waals surface area contributed by atoms with Gasteiger partial charge in [0, 0.05) is 28.1 Å². The Hall–Kier alpha value is -0.0900. The van der Waals surface area contributed by atoms with Crippen LogP contribution in [-0.2, 0) is 0 Å². The van der Waals surface area contributed by atoms with Gasteiger partial charge in [0.1, 0.15) is 0 Å². The molecule has 1 aromatic carbocycles. The van der Waals surface area contributed by atoms with Crippen molar-refractivity contribution < 1.29 is 0 Å². The van der Waals surface area contributed by atoms with Crippen molar-refractivity contribution in [1.82, 2.24) is 4.90 Å². The van der Waals surface area contributed by atoms with E-state index >= 15 is 0 Å². The van der Waals surface area contributed by atoms with Crippen LogP contribution in [-0.4, -0.2) is 24.0 Å². The van der Waals surface area contributed by atoms with Gasteiger partial charge in [-0.3, -0.25) is 4.90 Å². The van der Waals surface area contributed by atoms with Crippen molar-refractivity contribution >= 4 is 27.5 Å². The number of halogens is 2. The smallest absolute Gasteiger partial charge is 0.0488 e. The summed E-state index contributed by atoms with van der Waals surface area (Å²) in [5.41, 5.74) is 7.18. The van der Waals surface area contributed by atoms with Gasteiger partial charge in [0.2, 0.25) is 0 Å². The van der Waals surface area contributed by atoms with E-state index in [2.05, 4.69) is 40.7 Å². The summed E-state index contributed by atoms with van der Waals surface area (Å²) in [6, 6.07) is 6.87. The summed E-state index contributed by atoms with van der Waals surface area (Å²) >= 11 is 9.85. The minimum atomic E-state index is 0.221. The number of likely N-dealkylation sites (tertiary alicyclic amines) is 1. The minimum absolute atomic E-state index is 0.221. The van der Waals surface area contributed by atoms with Crippen LogP contribution in [0.1, 0.15) is 38.3 Å². The van der Waals surface area contributed by atoms with Gasteiger partial charge >= 0.3 is 0 Å². The standard InChI is InChI=1S/C15H22BrClN2/c1-10-4-3-7-19(11(10)2)15(9-18)13-6-5-12(16)8-14(13)17/h5-6,8,10-11,15H,3-4,7,9,18H2,1-2H3. The fourth-order valence-electron chi connectivity index (χ4n) is 3.02. The molecule has 3 unspecified atom stereocenters. The molecule has 1 saturated heterocycles. The van der Waals surface area contributed by atoms with E-state index in [4.69, 9.17) is 17.3 Å². The summed E-state index contributed by atoms with van der Waals surface area (Å²) in [6.45, 7) is 6.35.